The Kier molecular flexibility index (Phi) is 9.83. The third kappa shape index (κ3) is 9.04. The minimum atomic E-state index is -0.336. The van der Waals surface area contributed by atoms with Gasteiger partial charge >= 0.3 is 0 Å². The lowest BCUT2D eigenvalue weighted by atomic mass is 10.1. The van der Waals surface area contributed by atoms with E-state index < -0.39 is 0 Å². The van der Waals surface area contributed by atoms with Crippen LogP contribution >= 0.6 is 11.8 Å². The van der Waals surface area contributed by atoms with Crippen LogP contribution in [0.4, 0.5) is 0 Å². The summed E-state index contributed by atoms with van der Waals surface area (Å²) in [4.78, 5) is 11.5. The first-order chi connectivity index (χ1) is 7.57. The van der Waals surface area contributed by atoms with Gasteiger partial charge in [-0.1, -0.05) is 26.7 Å². The minimum absolute atomic E-state index is 0.00130. The van der Waals surface area contributed by atoms with Crippen LogP contribution in [-0.4, -0.2) is 30.5 Å². The fourth-order valence-electron chi connectivity index (χ4n) is 1.40. The lowest BCUT2D eigenvalue weighted by molar-refractivity contribution is -0.122. The van der Waals surface area contributed by atoms with Crippen molar-refractivity contribution < 1.29 is 4.79 Å². The molecule has 0 aliphatic rings. The number of nitrogens with one attached hydrogen (secondary N) is 1. The summed E-state index contributed by atoms with van der Waals surface area (Å²) in [6.07, 6.45) is 6.25. The standard InChI is InChI=1S/C12H26N2OS/c1-10(2)6-4-5-8-14-12(15)11(13)7-9-16-3/h10-11H,4-9,13H2,1-3H3,(H,14,15)/t11-/m1/s1. The van der Waals surface area contributed by atoms with Crippen molar-refractivity contribution in [2.75, 3.05) is 18.6 Å². The van der Waals surface area contributed by atoms with Gasteiger partial charge in [0, 0.05) is 6.54 Å². The summed E-state index contributed by atoms with van der Waals surface area (Å²) in [5.41, 5.74) is 5.74. The molecule has 0 fully saturated rings. The van der Waals surface area contributed by atoms with Crippen molar-refractivity contribution in [2.45, 2.75) is 45.6 Å². The third-order valence-electron chi connectivity index (χ3n) is 2.48. The van der Waals surface area contributed by atoms with E-state index in [9.17, 15) is 4.79 Å². The molecule has 0 radical (unpaired) electrons. The number of thioether (sulfide) groups is 1. The van der Waals surface area contributed by atoms with E-state index in [1.165, 1.54) is 12.8 Å². The average molecular weight is 246 g/mol. The van der Waals surface area contributed by atoms with Gasteiger partial charge in [-0.25, -0.2) is 0 Å². The van der Waals surface area contributed by atoms with Gasteiger partial charge in [0.05, 0.1) is 6.04 Å². The molecule has 4 heteroatoms. The predicted octanol–water partition coefficient (Wildman–Crippen LogP) is 2.01. The molecule has 0 unspecified atom stereocenters. The summed E-state index contributed by atoms with van der Waals surface area (Å²) in [6, 6.07) is -0.336. The van der Waals surface area contributed by atoms with Crippen molar-refractivity contribution in [2.24, 2.45) is 11.7 Å². The van der Waals surface area contributed by atoms with Gasteiger partial charge in [0.1, 0.15) is 0 Å². The van der Waals surface area contributed by atoms with Crippen LogP contribution in [-0.2, 0) is 4.79 Å². The Labute approximate surface area is 104 Å². The molecule has 3 nitrogen and oxygen atoms in total. The number of hydrogen-bond donors (Lipinski definition) is 2. The molecule has 0 heterocycles. The Morgan fingerprint density at radius 2 is 2.00 bits per heavy atom. The summed E-state index contributed by atoms with van der Waals surface area (Å²) in [6.45, 7) is 5.20. The molecule has 0 saturated carbocycles. The molecular weight excluding hydrogens is 220 g/mol. The fraction of sp³-hybridized carbons (Fsp3) is 0.917. The number of hydrogen-bond acceptors (Lipinski definition) is 3. The lowest BCUT2D eigenvalue weighted by Crippen LogP contribution is -2.41. The second kappa shape index (κ2) is 9.97. The summed E-state index contributed by atoms with van der Waals surface area (Å²) in [5.74, 6) is 1.69. The summed E-state index contributed by atoms with van der Waals surface area (Å²) in [7, 11) is 0. The van der Waals surface area contributed by atoms with Crippen LogP contribution in [0.5, 0.6) is 0 Å². The van der Waals surface area contributed by atoms with Gasteiger partial charge in [-0.2, -0.15) is 11.8 Å². The normalized spacial score (nSPS) is 12.8. The highest BCUT2D eigenvalue weighted by Gasteiger charge is 2.11. The molecule has 1 amide bonds. The van der Waals surface area contributed by atoms with Crippen LogP contribution in [0.3, 0.4) is 0 Å². The molecule has 3 N–H and O–H groups in total. The SMILES string of the molecule is CSCC[C@@H](N)C(=O)NCCCCC(C)C. The number of unbranched alkanes of at least 4 members (excludes halogenated alkanes) is 1. The van der Waals surface area contributed by atoms with E-state index in [-0.39, 0.29) is 11.9 Å². The minimum Gasteiger partial charge on any atom is -0.355 e. The topological polar surface area (TPSA) is 55.1 Å². The van der Waals surface area contributed by atoms with Crippen LogP contribution in [0.1, 0.15) is 39.5 Å². The maximum atomic E-state index is 11.5. The Morgan fingerprint density at radius 3 is 2.56 bits per heavy atom. The highest BCUT2D eigenvalue weighted by molar-refractivity contribution is 7.98. The largest absolute Gasteiger partial charge is 0.355 e. The molecule has 1 atom stereocenters. The van der Waals surface area contributed by atoms with Crippen LogP contribution in [0, 0.1) is 5.92 Å². The van der Waals surface area contributed by atoms with Crippen LogP contribution in [0.15, 0.2) is 0 Å². The second-order valence-corrected chi connectivity index (χ2v) is 5.55. The van der Waals surface area contributed by atoms with E-state index in [1.54, 1.807) is 11.8 Å². The van der Waals surface area contributed by atoms with E-state index in [0.717, 1.165) is 31.1 Å². The van der Waals surface area contributed by atoms with E-state index in [2.05, 4.69) is 19.2 Å². The van der Waals surface area contributed by atoms with E-state index >= 15 is 0 Å². The van der Waals surface area contributed by atoms with Crippen molar-refractivity contribution >= 4 is 17.7 Å². The Bertz CT molecular complexity index is 186. The summed E-state index contributed by atoms with van der Waals surface area (Å²) < 4.78 is 0. The molecule has 0 aromatic heterocycles. The predicted molar refractivity (Wildman–Crippen MR) is 72.7 cm³/mol. The molecule has 0 rings (SSSR count). The zero-order valence-electron chi connectivity index (χ0n) is 10.8. The van der Waals surface area contributed by atoms with Crippen molar-refractivity contribution in [1.82, 2.24) is 5.32 Å². The van der Waals surface area contributed by atoms with Gasteiger partial charge < -0.3 is 11.1 Å². The quantitative estimate of drug-likeness (QED) is 0.612. The van der Waals surface area contributed by atoms with Crippen LogP contribution in [0.25, 0.3) is 0 Å². The Morgan fingerprint density at radius 1 is 1.31 bits per heavy atom. The van der Waals surface area contributed by atoms with Gasteiger partial charge in [0.2, 0.25) is 5.91 Å². The number of amides is 1. The molecule has 0 spiro atoms. The molecule has 0 saturated heterocycles. The van der Waals surface area contributed by atoms with Crippen molar-refractivity contribution in [3.63, 3.8) is 0 Å². The maximum Gasteiger partial charge on any atom is 0.236 e. The molecular formula is C12H26N2OS. The Balaban J connectivity index is 3.42. The first-order valence-corrected chi connectivity index (χ1v) is 7.49. The van der Waals surface area contributed by atoms with Gasteiger partial charge in [-0.05, 0) is 30.8 Å². The summed E-state index contributed by atoms with van der Waals surface area (Å²) in [5, 5.41) is 2.89. The third-order valence-corrected chi connectivity index (χ3v) is 3.12. The van der Waals surface area contributed by atoms with Gasteiger partial charge in [0.25, 0.3) is 0 Å². The molecule has 16 heavy (non-hydrogen) atoms. The molecule has 0 aromatic carbocycles. The lowest BCUT2D eigenvalue weighted by Gasteiger charge is -2.11. The van der Waals surface area contributed by atoms with Crippen molar-refractivity contribution in [3.8, 4) is 0 Å². The van der Waals surface area contributed by atoms with E-state index in [1.807, 2.05) is 6.26 Å². The zero-order valence-corrected chi connectivity index (χ0v) is 11.6. The zero-order chi connectivity index (χ0) is 12.4. The monoisotopic (exact) mass is 246 g/mol. The molecule has 0 bridgehead atoms. The summed E-state index contributed by atoms with van der Waals surface area (Å²) >= 11 is 1.72. The Hall–Kier alpha value is -0.220. The second-order valence-electron chi connectivity index (χ2n) is 4.57. The first kappa shape index (κ1) is 15.8. The number of carbonyl (C=O) groups is 1. The number of rotatable bonds is 9. The van der Waals surface area contributed by atoms with Crippen LogP contribution < -0.4 is 11.1 Å². The fourth-order valence-corrected chi connectivity index (χ4v) is 1.89. The smallest absolute Gasteiger partial charge is 0.236 e. The number of nitrogens with two attached hydrogens (primary N) is 1. The van der Waals surface area contributed by atoms with Gasteiger partial charge in [-0.3, -0.25) is 4.79 Å². The highest BCUT2D eigenvalue weighted by atomic mass is 32.2. The number of carbonyl (C=O) groups excluding carboxylic acids is 1. The molecule has 0 aromatic rings. The van der Waals surface area contributed by atoms with Crippen molar-refractivity contribution in [3.05, 3.63) is 0 Å². The maximum absolute atomic E-state index is 11.5. The average Bonchev–Trinajstić information content (AvgIpc) is 2.24. The molecule has 96 valence electrons. The van der Waals surface area contributed by atoms with Crippen LogP contribution in [0.2, 0.25) is 0 Å². The van der Waals surface area contributed by atoms with E-state index in [4.69, 9.17) is 5.73 Å². The van der Waals surface area contributed by atoms with Gasteiger partial charge in [0.15, 0.2) is 0 Å². The molecule has 0 aliphatic carbocycles. The van der Waals surface area contributed by atoms with Crippen molar-refractivity contribution in [1.29, 1.82) is 0 Å². The van der Waals surface area contributed by atoms with E-state index in [0.29, 0.717) is 0 Å². The van der Waals surface area contributed by atoms with Gasteiger partial charge in [-0.15, -0.1) is 0 Å². The first-order valence-electron chi connectivity index (χ1n) is 6.10. The highest BCUT2D eigenvalue weighted by Crippen LogP contribution is 2.05. The molecule has 0 aliphatic heterocycles.